The van der Waals surface area contributed by atoms with Crippen molar-refractivity contribution in [1.82, 2.24) is 9.78 Å². The SMILES string of the molecule is C[C@]12Cc3cnn(-c4ccc(F)cc4)c3C=C1CC[C@@]2(O)C#Cc1ccc(F)cc1C(=O)O. The standard InChI is InChI=1S/C26H20F2N2O3/c1-25-14-17-15-29-30(21-6-4-19(27)5-7-21)23(17)12-18(25)9-11-26(25,33)10-8-16-2-3-20(28)13-22(16)24(31)32/h2-7,12-13,15,33H,9,11,14H2,1H3,(H,31,32)/t25-,26-/m0/s1. The number of aliphatic hydroxyl groups is 1. The van der Waals surface area contributed by atoms with Crippen LogP contribution in [0.15, 0.2) is 54.2 Å². The van der Waals surface area contributed by atoms with Crippen molar-refractivity contribution in [3.8, 4) is 17.5 Å². The molecule has 0 unspecified atom stereocenters. The van der Waals surface area contributed by atoms with E-state index in [0.717, 1.165) is 34.7 Å². The molecule has 1 fully saturated rings. The van der Waals surface area contributed by atoms with Crippen LogP contribution in [0, 0.1) is 28.9 Å². The summed E-state index contributed by atoms with van der Waals surface area (Å²) in [6, 6.07) is 9.48. The molecule has 2 N–H and O–H groups in total. The molecule has 0 radical (unpaired) electrons. The van der Waals surface area contributed by atoms with Crippen LogP contribution in [0.1, 0.15) is 46.9 Å². The van der Waals surface area contributed by atoms with Gasteiger partial charge in [-0.3, -0.25) is 0 Å². The zero-order chi connectivity index (χ0) is 23.4. The average Bonchev–Trinajstić information content (AvgIpc) is 3.29. The van der Waals surface area contributed by atoms with Crippen molar-refractivity contribution >= 4 is 12.0 Å². The molecule has 1 saturated carbocycles. The summed E-state index contributed by atoms with van der Waals surface area (Å²) in [4.78, 5) is 11.5. The number of aromatic nitrogens is 2. The summed E-state index contributed by atoms with van der Waals surface area (Å²) in [5, 5.41) is 25.4. The van der Waals surface area contributed by atoms with E-state index >= 15 is 0 Å². The third kappa shape index (κ3) is 3.35. The van der Waals surface area contributed by atoms with Crippen molar-refractivity contribution in [2.24, 2.45) is 5.41 Å². The van der Waals surface area contributed by atoms with E-state index in [2.05, 4.69) is 16.9 Å². The number of carboxylic acid groups (broad SMARTS) is 1. The molecule has 5 rings (SSSR count). The fraction of sp³-hybridized carbons (Fsp3) is 0.231. The van der Waals surface area contributed by atoms with Gasteiger partial charge in [0.2, 0.25) is 0 Å². The third-order valence-corrected chi connectivity index (χ3v) is 6.81. The molecule has 5 nitrogen and oxygen atoms in total. The molecule has 3 aromatic rings. The smallest absolute Gasteiger partial charge is 0.337 e. The van der Waals surface area contributed by atoms with E-state index in [1.807, 2.05) is 13.0 Å². The Hall–Kier alpha value is -3.76. The van der Waals surface area contributed by atoms with Gasteiger partial charge in [-0.25, -0.2) is 18.3 Å². The Balaban J connectivity index is 1.52. The number of hydrogen-bond donors (Lipinski definition) is 2. The molecule has 166 valence electrons. The normalized spacial score (nSPS) is 23.2. The largest absolute Gasteiger partial charge is 0.478 e. The van der Waals surface area contributed by atoms with Gasteiger partial charge in [0.25, 0.3) is 0 Å². The van der Waals surface area contributed by atoms with E-state index in [1.165, 1.54) is 18.2 Å². The van der Waals surface area contributed by atoms with E-state index in [0.29, 0.717) is 19.3 Å². The molecule has 1 aromatic heterocycles. The minimum atomic E-state index is -1.39. The first-order chi connectivity index (χ1) is 15.7. The lowest BCUT2D eigenvalue weighted by atomic mass is 9.67. The Labute approximate surface area is 189 Å². The zero-order valence-corrected chi connectivity index (χ0v) is 17.8. The van der Waals surface area contributed by atoms with Gasteiger partial charge in [-0.05, 0) is 73.4 Å². The maximum absolute atomic E-state index is 13.5. The molecule has 0 saturated heterocycles. The van der Waals surface area contributed by atoms with Crippen molar-refractivity contribution in [2.45, 2.75) is 31.8 Å². The van der Waals surface area contributed by atoms with Gasteiger partial charge in [0, 0.05) is 11.0 Å². The van der Waals surface area contributed by atoms with Gasteiger partial charge >= 0.3 is 5.97 Å². The lowest BCUT2D eigenvalue weighted by molar-refractivity contribution is 0.0153. The fourth-order valence-electron chi connectivity index (χ4n) is 4.81. The van der Waals surface area contributed by atoms with Crippen LogP contribution in [0.4, 0.5) is 8.78 Å². The van der Waals surface area contributed by atoms with Gasteiger partial charge in [-0.1, -0.05) is 24.3 Å². The Morgan fingerprint density at radius 3 is 2.61 bits per heavy atom. The summed E-state index contributed by atoms with van der Waals surface area (Å²) in [6.07, 6.45) is 5.25. The average molecular weight is 446 g/mol. The monoisotopic (exact) mass is 446 g/mol. The number of fused-ring (bicyclic) bond motifs is 2. The Morgan fingerprint density at radius 1 is 1.15 bits per heavy atom. The summed E-state index contributed by atoms with van der Waals surface area (Å²) in [6.45, 7) is 1.95. The maximum Gasteiger partial charge on any atom is 0.337 e. The quantitative estimate of drug-likeness (QED) is 0.574. The number of rotatable bonds is 2. The number of aromatic carboxylic acids is 1. The predicted molar refractivity (Wildman–Crippen MR) is 118 cm³/mol. The molecule has 7 heteroatoms. The van der Waals surface area contributed by atoms with Crippen LogP contribution >= 0.6 is 0 Å². The van der Waals surface area contributed by atoms with Gasteiger partial charge in [-0.15, -0.1) is 0 Å². The van der Waals surface area contributed by atoms with Gasteiger partial charge in [-0.2, -0.15) is 5.10 Å². The number of hydrogen-bond acceptors (Lipinski definition) is 3. The summed E-state index contributed by atoms with van der Waals surface area (Å²) in [5.74, 6) is 3.45. The molecular weight excluding hydrogens is 426 g/mol. The highest BCUT2D eigenvalue weighted by Gasteiger charge is 2.54. The topological polar surface area (TPSA) is 75.3 Å². The third-order valence-electron chi connectivity index (χ3n) is 6.81. The highest BCUT2D eigenvalue weighted by molar-refractivity contribution is 5.90. The second kappa shape index (κ2) is 7.39. The first-order valence-electron chi connectivity index (χ1n) is 10.5. The van der Waals surface area contributed by atoms with E-state index in [-0.39, 0.29) is 16.9 Å². The molecule has 33 heavy (non-hydrogen) atoms. The molecule has 2 aliphatic carbocycles. The Kier molecular flexibility index (Phi) is 4.73. The summed E-state index contributed by atoms with van der Waals surface area (Å²) in [5.41, 5.74) is 1.41. The highest BCUT2D eigenvalue weighted by Crippen LogP contribution is 2.55. The van der Waals surface area contributed by atoms with Crippen LogP contribution < -0.4 is 0 Å². The van der Waals surface area contributed by atoms with Crippen LogP contribution in [0.2, 0.25) is 0 Å². The number of halogens is 2. The van der Waals surface area contributed by atoms with Crippen molar-refractivity contribution in [1.29, 1.82) is 0 Å². The summed E-state index contributed by atoms with van der Waals surface area (Å²) >= 11 is 0. The molecule has 0 spiro atoms. The fourth-order valence-corrected chi connectivity index (χ4v) is 4.81. The maximum atomic E-state index is 13.5. The highest BCUT2D eigenvalue weighted by atomic mass is 19.1. The van der Waals surface area contributed by atoms with Crippen LogP contribution in [0.25, 0.3) is 11.8 Å². The van der Waals surface area contributed by atoms with Crippen molar-refractivity contribution in [2.75, 3.05) is 0 Å². The molecule has 2 atom stereocenters. The van der Waals surface area contributed by atoms with E-state index in [9.17, 15) is 23.8 Å². The second-order valence-electron chi connectivity index (χ2n) is 8.73. The lowest BCUT2D eigenvalue weighted by Crippen LogP contribution is -2.44. The van der Waals surface area contributed by atoms with Gasteiger partial charge in [0.05, 0.1) is 23.1 Å². The number of carbonyl (C=O) groups is 1. The Bertz CT molecular complexity index is 1380. The van der Waals surface area contributed by atoms with Crippen LogP contribution in [0.5, 0.6) is 0 Å². The minimum absolute atomic E-state index is 0.152. The molecule has 2 aromatic carbocycles. The molecular formula is C26H20F2N2O3. The van der Waals surface area contributed by atoms with Gasteiger partial charge in [0.1, 0.15) is 17.2 Å². The van der Waals surface area contributed by atoms with E-state index in [4.69, 9.17) is 0 Å². The summed E-state index contributed by atoms with van der Waals surface area (Å²) in [7, 11) is 0. The minimum Gasteiger partial charge on any atom is -0.478 e. The lowest BCUT2D eigenvalue weighted by Gasteiger charge is -2.39. The number of nitrogens with zero attached hydrogens (tertiary/aromatic N) is 2. The predicted octanol–water partition coefficient (Wildman–Crippen LogP) is 4.37. The second-order valence-corrected chi connectivity index (χ2v) is 8.73. The zero-order valence-electron chi connectivity index (χ0n) is 17.8. The first-order valence-corrected chi connectivity index (χ1v) is 10.5. The van der Waals surface area contributed by atoms with Crippen LogP contribution in [0.3, 0.4) is 0 Å². The van der Waals surface area contributed by atoms with Gasteiger partial charge in [0.15, 0.2) is 0 Å². The summed E-state index contributed by atoms with van der Waals surface area (Å²) < 4.78 is 28.6. The van der Waals surface area contributed by atoms with E-state index < -0.39 is 22.8 Å². The molecule has 2 aliphatic rings. The van der Waals surface area contributed by atoms with Crippen molar-refractivity contribution in [3.63, 3.8) is 0 Å². The van der Waals surface area contributed by atoms with E-state index in [1.54, 1.807) is 23.0 Å². The molecule has 0 amide bonds. The molecule has 1 heterocycles. The number of benzene rings is 2. The van der Waals surface area contributed by atoms with Crippen molar-refractivity contribution < 1.29 is 23.8 Å². The van der Waals surface area contributed by atoms with Crippen molar-refractivity contribution in [3.05, 3.63) is 88.3 Å². The molecule has 0 aliphatic heterocycles. The van der Waals surface area contributed by atoms with Gasteiger partial charge < -0.3 is 10.2 Å². The Morgan fingerprint density at radius 2 is 1.88 bits per heavy atom. The van der Waals surface area contributed by atoms with Crippen LogP contribution in [-0.2, 0) is 6.42 Å². The first kappa shape index (κ1) is 21.1. The van der Waals surface area contributed by atoms with Crippen LogP contribution in [-0.4, -0.2) is 31.6 Å². The number of carboxylic acids is 1. The molecule has 0 bridgehead atoms.